The highest BCUT2D eigenvalue weighted by atomic mass is 32.2. The second-order valence-electron chi connectivity index (χ2n) is 7.17. The minimum atomic E-state index is -3.65. The molecule has 0 spiro atoms. The maximum atomic E-state index is 13.2. The van der Waals surface area contributed by atoms with Crippen LogP contribution in [0.1, 0.15) is 42.6 Å². The van der Waals surface area contributed by atoms with Crippen molar-refractivity contribution < 1.29 is 18.0 Å². The molecule has 1 unspecified atom stereocenters. The van der Waals surface area contributed by atoms with Crippen molar-refractivity contribution in [2.24, 2.45) is 0 Å². The molecule has 1 aromatic rings. The zero-order valence-electron chi connectivity index (χ0n) is 16.5. The van der Waals surface area contributed by atoms with Gasteiger partial charge in [0.1, 0.15) is 6.04 Å². The van der Waals surface area contributed by atoms with Crippen LogP contribution >= 0.6 is 11.8 Å². The first-order valence-electron chi connectivity index (χ1n) is 9.59. The molecule has 2 aliphatic rings. The Morgan fingerprint density at radius 2 is 1.93 bits per heavy atom. The number of thioether (sulfide) groups is 1. The van der Waals surface area contributed by atoms with E-state index in [1.54, 1.807) is 22.8 Å². The lowest BCUT2D eigenvalue weighted by molar-refractivity contribution is -0.134. The van der Waals surface area contributed by atoms with E-state index in [0.29, 0.717) is 35.8 Å². The Morgan fingerprint density at radius 1 is 1.25 bits per heavy atom. The van der Waals surface area contributed by atoms with Crippen LogP contribution in [0, 0.1) is 6.92 Å². The summed E-state index contributed by atoms with van der Waals surface area (Å²) >= 11 is 1.54. The highest BCUT2D eigenvalue weighted by molar-refractivity contribution is 7.99. The molecule has 0 bridgehead atoms. The standard InChI is InChI=1S/C19H27N3O4S2/c1-4-21(5-2)19(24)17-11-27-12-22(17)18(23)16-10-15(9-6-13(16)3)28(25,26)20-14-7-8-14/h6,9-10,14,17,20H,4-5,7-8,11-12H2,1-3H3. The number of likely N-dealkylation sites (N-methyl/N-ethyl adjacent to an activating group) is 1. The molecule has 2 amide bonds. The molecule has 7 nitrogen and oxygen atoms in total. The summed E-state index contributed by atoms with van der Waals surface area (Å²) in [5.74, 6) is 0.630. The van der Waals surface area contributed by atoms with Crippen molar-refractivity contribution in [3.63, 3.8) is 0 Å². The molecule has 1 aliphatic heterocycles. The lowest BCUT2D eigenvalue weighted by Crippen LogP contribution is -2.49. The average Bonchev–Trinajstić information content (AvgIpc) is 3.32. The molecule has 1 heterocycles. The van der Waals surface area contributed by atoms with Gasteiger partial charge in [-0.15, -0.1) is 11.8 Å². The van der Waals surface area contributed by atoms with Gasteiger partial charge in [0.15, 0.2) is 0 Å². The monoisotopic (exact) mass is 425 g/mol. The Hall–Kier alpha value is -1.58. The van der Waals surface area contributed by atoms with Crippen molar-refractivity contribution in [3.05, 3.63) is 29.3 Å². The van der Waals surface area contributed by atoms with Gasteiger partial charge < -0.3 is 9.80 Å². The van der Waals surface area contributed by atoms with E-state index in [9.17, 15) is 18.0 Å². The van der Waals surface area contributed by atoms with Gasteiger partial charge in [0.25, 0.3) is 5.91 Å². The van der Waals surface area contributed by atoms with Gasteiger partial charge in [-0.25, -0.2) is 13.1 Å². The summed E-state index contributed by atoms with van der Waals surface area (Å²) in [5, 5.41) is 0. The molecular weight excluding hydrogens is 398 g/mol. The molecule has 1 atom stereocenters. The van der Waals surface area contributed by atoms with E-state index in [0.717, 1.165) is 12.8 Å². The normalized spacial score (nSPS) is 19.7. The fourth-order valence-corrected chi connectivity index (χ4v) is 5.71. The predicted molar refractivity (Wildman–Crippen MR) is 110 cm³/mol. The summed E-state index contributed by atoms with van der Waals surface area (Å²) in [6.45, 7) is 6.81. The van der Waals surface area contributed by atoms with E-state index in [1.807, 2.05) is 13.8 Å². The summed E-state index contributed by atoms with van der Waals surface area (Å²) in [6, 6.07) is 4.09. The number of carbonyl (C=O) groups excluding carboxylic acids is 2. The molecule has 0 radical (unpaired) electrons. The fraction of sp³-hybridized carbons (Fsp3) is 0.579. The second kappa shape index (κ2) is 8.42. The first kappa shape index (κ1) is 21.1. The molecule has 1 aliphatic carbocycles. The Balaban J connectivity index is 1.86. The summed E-state index contributed by atoms with van der Waals surface area (Å²) in [4.78, 5) is 29.4. The molecule has 1 saturated heterocycles. The number of nitrogens with zero attached hydrogens (tertiary/aromatic N) is 2. The molecule has 1 saturated carbocycles. The molecule has 9 heteroatoms. The van der Waals surface area contributed by atoms with E-state index in [1.165, 1.54) is 23.9 Å². The quantitative estimate of drug-likeness (QED) is 0.720. The van der Waals surface area contributed by atoms with Crippen LogP contribution in [0.5, 0.6) is 0 Å². The van der Waals surface area contributed by atoms with E-state index in [-0.39, 0.29) is 22.8 Å². The first-order valence-corrected chi connectivity index (χ1v) is 12.2. The number of benzene rings is 1. The minimum Gasteiger partial charge on any atom is -0.341 e. The number of amides is 2. The smallest absolute Gasteiger partial charge is 0.255 e. The largest absolute Gasteiger partial charge is 0.341 e. The SMILES string of the molecule is CCN(CC)C(=O)C1CSCN1C(=O)c1cc(S(=O)(=O)NC2CC2)ccc1C. The van der Waals surface area contributed by atoms with Gasteiger partial charge in [-0.05, 0) is 51.3 Å². The Bertz CT molecular complexity index is 864. The highest BCUT2D eigenvalue weighted by Crippen LogP contribution is 2.27. The van der Waals surface area contributed by atoms with Crippen LogP contribution in [0.2, 0.25) is 0 Å². The molecule has 3 rings (SSSR count). The van der Waals surface area contributed by atoms with Crippen LogP contribution in [-0.4, -0.2) is 66.8 Å². The van der Waals surface area contributed by atoms with E-state index < -0.39 is 16.1 Å². The zero-order valence-corrected chi connectivity index (χ0v) is 18.1. The molecule has 154 valence electrons. The topological polar surface area (TPSA) is 86.8 Å². The van der Waals surface area contributed by atoms with Gasteiger partial charge in [0.05, 0.1) is 10.8 Å². The number of rotatable bonds is 7. The van der Waals surface area contributed by atoms with Gasteiger partial charge >= 0.3 is 0 Å². The summed E-state index contributed by atoms with van der Waals surface area (Å²) in [6.07, 6.45) is 1.69. The third kappa shape index (κ3) is 4.36. The fourth-order valence-electron chi connectivity index (χ4n) is 3.24. The maximum absolute atomic E-state index is 13.2. The van der Waals surface area contributed by atoms with Gasteiger partial charge in [-0.3, -0.25) is 9.59 Å². The third-order valence-corrected chi connectivity index (χ3v) is 7.68. The number of carbonyl (C=O) groups is 2. The van der Waals surface area contributed by atoms with Crippen molar-refractivity contribution in [1.29, 1.82) is 0 Å². The average molecular weight is 426 g/mol. The lowest BCUT2D eigenvalue weighted by Gasteiger charge is -2.28. The van der Waals surface area contributed by atoms with Gasteiger partial charge in [0, 0.05) is 30.4 Å². The van der Waals surface area contributed by atoms with Crippen molar-refractivity contribution in [1.82, 2.24) is 14.5 Å². The Morgan fingerprint density at radius 3 is 2.54 bits per heavy atom. The summed E-state index contributed by atoms with van der Waals surface area (Å²) in [7, 11) is -3.65. The molecule has 0 aromatic heterocycles. The van der Waals surface area contributed by atoms with Crippen LogP contribution in [0.3, 0.4) is 0 Å². The highest BCUT2D eigenvalue weighted by Gasteiger charge is 2.37. The minimum absolute atomic E-state index is 0.00323. The molecule has 1 aromatic carbocycles. The van der Waals surface area contributed by atoms with Crippen LogP contribution in [-0.2, 0) is 14.8 Å². The second-order valence-corrected chi connectivity index (χ2v) is 9.89. The lowest BCUT2D eigenvalue weighted by atomic mass is 10.1. The molecule has 28 heavy (non-hydrogen) atoms. The third-order valence-electron chi connectivity index (χ3n) is 5.15. The molecule has 2 fully saturated rings. The number of sulfonamides is 1. The number of hydrogen-bond donors (Lipinski definition) is 1. The van der Waals surface area contributed by atoms with Crippen molar-refractivity contribution in [2.75, 3.05) is 24.7 Å². The van der Waals surface area contributed by atoms with Crippen LogP contribution in [0.25, 0.3) is 0 Å². The summed E-state index contributed by atoms with van der Waals surface area (Å²) < 4.78 is 27.7. The Labute approximate surface area is 170 Å². The number of hydrogen-bond acceptors (Lipinski definition) is 5. The molecular formula is C19H27N3O4S2. The van der Waals surface area contributed by atoms with Crippen molar-refractivity contribution in [2.45, 2.75) is 50.6 Å². The number of nitrogens with one attached hydrogen (secondary N) is 1. The summed E-state index contributed by atoms with van der Waals surface area (Å²) in [5.41, 5.74) is 1.03. The molecule has 1 N–H and O–H groups in total. The van der Waals surface area contributed by atoms with Gasteiger partial charge in [-0.1, -0.05) is 6.07 Å². The first-order chi connectivity index (χ1) is 13.3. The Kier molecular flexibility index (Phi) is 6.36. The van der Waals surface area contributed by atoms with Gasteiger partial charge in [0.2, 0.25) is 15.9 Å². The van der Waals surface area contributed by atoms with Crippen molar-refractivity contribution in [3.8, 4) is 0 Å². The van der Waals surface area contributed by atoms with Crippen LogP contribution in [0.15, 0.2) is 23.1 Å². The van der Waals surface area contributed by atoms with E-state index in [2.05, 4.69) is 4.72 Å². The van der Waals surface area contributed by atoms with E-state index in [4.69, 9.17) is 0 Å². The zero-order chi connectivity index (χ0) is 20.5. The van der Waals surface area contributed by atoms with Crippen LogP contribution in [0.4, 0.5) is 0 Å². The van der Waals surface area contributed by atoms with Crippen molar-refractivity contribution >= 4 is 33.6 Å². The predicted octanol–water partition coefficient (Wildman–Crippen LogP) is 1.82. The van der Waals surface area contributed by atoms with Gasteiger partial charge in [-0.2, -0.15) is 0 Å². The number of aryl methyl sites for hydroxylation is 1. The maximum Gasteiger partial charge on any atom is 0.255 e. The van der Waals surface area contributed by atoms with Crippen LogP contribution < -0.4 is 4.72 Å². The van der Waals surface area contributed by atoms with E-state index >= 15 is 0 Å².